The van der Waals surface area contributed by atoms with Crippen LogP contribution in [0.1, 0.15) is 0 Å². The Hall–Kier alpha value is -8.72. The van der Waals surface area contributed by atoms with Crippen molar-refractivity contribution in [3.8, 4) is 61.3 Å². The maximum absolute atomic E-state index is 2.44. The molecule has 0 aliphatic heterocycles. The van der Waals surface area contributed by atoms with Gasteiger partial charge in [0.15, 0.2) is 0 Å². The zero-order valence-corrected chi connectivity index (χ0v) is 36.3. The molecule has 0 bridgehead atoms. The number of benzene rings is 11. The third-order valence-corrected chi connectivity index (χ3v) is 13.0. The highest BCUT2D eigenvalue weighted by Gasteiger charge is 2.22. The summed E-state index contributed by atoms with van der Waals surface area (Å²) in [6.45, 7) is 0. The molecule has 11 aromatic carbocycles. The van der Waals surface area contributed by atoms with Gasteiger partial charge in [0.2, 0.25) is 0 Å². The Bertz CT molecular complexity index is 3690. The number of hydrogen-bond donors (Lipinski definition) is 0. The third-order valence-electron chi connectivity index (χ3n) is 13.0. The van der Waals surface area contributed by atoms with Crippen molar-refractivity contribution in [2.75, 3.05) is 4.90 Å². The Balaban J connectivity index is 1.05. The molecule has 0 spiro atoms. The van der Waals surface area contributed by atoms with E-state index in [4.69, 9.17) is 0 Å². The lowest BCUT2D eigenvalue weighted by atomic mass is 9.88. The SMILES string of the molecule is c1ccc(-c2ccccc2-c2ccccc2-c2ccccc2N(c2ccc(-c3cccc4c5ccccc5n(-c5ccccc5)c34)cc2)c2cccc(-c3cccc4ccccc34)c2)cc1. The number of nitrogens with zero attached hydrogens (tertiary/aromatic N) is 2. The Morgan fingerprint density at radius 3 is 1.56 bits per heavy atom. The number of anilines is 3. The first-order chi connectivity index (χ1) is 32.8. The van der Waals surface area contributed by atoms with E-state index < -0.39 is 0 Å². The quantitative estimate of drug-likeness (QED) is 0.141. The van der Waals surface area contributed by atoms with Gasteiger partial charge in [-0.2, -0.15) is 0 Å². The zero-order chi connectivity index (χ0) is 43.8. The van der Waals surface area contributed by atoms with Crippen molar-refractivity contribution in [1.29, 1.82) is 0 Å². The number of rotatable bonds is 9. The summed E-state index contributed by atoms with van der Waals surface area (Å²) in [6.07, 6.45) is 0. The van der Waals surface area contributed by atoms with Crippen molar-refractivity contribution in [1.82, 2.24) is 4.57 Å². The minimum absolute atomic E-state index is 1.07. The van der Waals surface area contributed by atoms with Crippen molar-refractivity contribution >= 4 is 49.6 Å². The van der Waals surface area contributed by atoms with Gasteiger partial charge in [-0.25, -0.2) is 0 Å². The Morgan fingerprint density at radius 1 is 0.273 bits per heavy atom. The summed E-state index contributed by atoms with van der Waals surface area (Å²) in [4.78, 5) is 2.44. The lowest BCUT2D eigenvalue weighted by molar-refractivity contribution is 1.18. The molecule has 12 rings (SSSR count). The van der Waals surface area contributed by atoms with E-state index in [0.29, 0.717) is 0 Å². The van der Waals surface area contributed by atoms with Crippen LogP contribution in [0.25, 0.3) is 93.9 Å². The molecule has 66 heavy (non-hydrogen) atoms. The highest BCUT2D eigenvalue weighted by atomic mass is 15.1. The molecule has 0 unspecified atom stereocenters. The van der Waals surface area contributed by atoms with E-state index in [-0.39, 0.29) is 0 Å². The van der Waals surface area contributed by atoms with Crippen molar-refractivity contribution in [2.45, 2.75) is 0 Å². The summed E-state index contributed by atoms with van der Waals surface area (Å²) in [5.41, 5.74) is 18.6. The van der Waals surface area contributed by atoms with Crippen LogP contribution >= 0.6 is 0 Å². The van der Waals surface area contributed by atoms with Crippen LogP contribution in [-0.2, 0) is 0 Å². The fourth-order valence-electron chi connectivity index (χ4n) is 10.0. The van der Waals surface area contributed by atoms with Crippen LogP contribution in [0.15, 0.2) is 267 Å². The second kappa shape index (κ2) is 16.8. The summed E-state index contributed by atoms with van der Waals surface area (Å²) in [5.74, 6) is 0. The number of hydrogen-bond acceptors (Lipinski definition) is 1. The fraction of sp³-hybridized carbons (Fsp3) is 0. The predicted molar refractivity (Wildman–Crippen MR) is 280 cm³/mol. The topological polar surface area (TPSA) is 8.17 Å². The molecular formula is C64H44N2. The van der Waals surface area contributed by atoms with Crippen molar-refractivity contribution in [2.24, 2.45) is 0 Å². The molecule has 1 heterocycles. The minimum Gasteiger partial charge on any atom is -0.310 e. The Kier molecular flexibility index (Phi) is 9.89. The van der Waals surface area contributed by atoms with E-state index in [9.17, 15) is 0 Å². The van der Waals surface area contributed by atoms with E-state index >= 15 is 0 Å². The molecule has 0 radical (unpaired) electrons. The molecular weight excluding hydrogens is 797 g/mol. The summed E-state index contributed by atoms with van der Waals surface area (Å²) >= 11 is 0. The molecule has 310 valence electrons. The van der Waals surface area contributed by atoms with E-state index in [1.165, 1.54) is 77.1 Å². The van der Waals surface area contributed by atoms with Crippen LogP contribution in [-0.4, -0.2) is 4.57 Å². The molecule has 0 N–H and O–H groups in total. The van der Waals surface area contributed by atoms with Gasteiger partial charge in [0.05, 0.1) is 16.7 Å². The first-order valence-corrected chi connectivity index (χ1v) is 22.7. The monoisotopic (exact) mass is 840 g/mol. The fourth-order valence-corrected chi connectivity index (χ4v) is 10.0. The first kappa shape index (κ1) is 38.9. The molecule has 0 amide bonds. The third kappa shape index (κ3) is 6.84. The number of para-hydroxylation sites is 4. The van der Waals surface area contributed by atoms with Gasteiger partial charge >= 0.3 is 0 Å². The lowest BCUT2D eigenvalue weighted by Crippen LogP contribution is -2.11. The number of aromatic nitrogens is 1. The van der Waals surface area contributed by atoms with Crippen molar-refractivity contribution in [3.63, 3.8) is 0 Å². The van der Waals surface area contributed by atoms with Crippen LogP contribution < -0.4 is 4.90 Å². The van der Waals surface area contributed by atoms with Gasteiger partial charge in [0.25, 0.3) is 0 Å². The maximum Gasteiger partial charge on any atom is 0.0619 e. The Morgan fingerprint density at radius 2 is 0.773 bits per heavy atom. The highest BCUT2D eigenvalue weighted by molar-refractivity contribution is 6.14. The van der Waals surface area contributed by atoms with E-state index in [1.807, 2.05) is 0 Å². The van der Waals surface area contributed by atoms with Gasteiger partial charge in [0.1, 0.15) is 0 Å². The van der Waals surface area contributed by atoms with Gasteiger partial charge in [-0.1, -0.05) is 218 Å². The summed E-state index contributed by atoms with van der Waals surface area (Å²) in [6, 6.07) is 96.9. The second-order valence-corrected chi connectivity index (χ2v) is 16.8. The molecule has 0 atom stereocenters. The summed E-state index contributed by atoms with van der Waals surface area (Å²) < 4.78 is 2.42. The van der Waals surface area contributed by atoms with Crippen LogP contribution in [0.3, 0.4) is 0 Å². The molecule has 0 saturated heterocycles. The molecule has 0 saturated carbocycles. The largest absolute Gasteiger partial charge is 0.310 e. The van der Waals surface area contributed by atoms with Gasteiger partial charge < -0.3 is 9.47 Å². The van der Waals surface area contributed by atoms with Crippen molar-refractivity contribution in [3.05, 3.63) is 267 Å². The maximum atomic E-state index is 2.44. The standard InChI is InChI=1S/C64H44N2/c1-3-20-45(21-4-1)53-29-9-10-30-56(53)57-31-11-12-32-58(57)59-33-13-15-38-62(59)65(51-27-17-24-48(44-51)54-35-18-23-46-22-7-8-28-52(46)54)50-42-40-47(41-43-50)55-36-19-37-61-60-34-14-16-39-63(60)66(64(55)61)49-25-5-2-6-26-49/h1-44H. The zero-order valence-electron chi connectivity index (χ0n) is 36.3. The molecule has 1 aromatic heterocycles. The van der Waals surface area contributed by atoms with Gasteiger partial charge in [-0.3, -0.25) is 0 Å². The molecule has 0 aliphatic rings. The van der Waals surface area contributed by atoms with Crippen LogP contribution in [0, 0.1) is 0 Å². The van der Waals surface area contributed by atoms with Crippen LogP contribution in [0.2, 0.25) is 0 Å². The summed E-state index contributed by atoms with van der Waals surface area (Å²) in [7, 11) is 0. The predicted octanol–water partition coefficient (Wildman–Crippen LogP) is 17.7. The van der Waals surface area contributed by atoms with Gasteiger partial charge in [0, 0.05) is 39.0 Å². The average molecular weight is 841 g/mol. The lowest BCUT2D eigenvalue weighted by Gasteiger charge is -2.29. The minimum atomic E-state index is 1.07. The molecule has 0 aliphatic carbocycles. The van der Waals surface area contributed by atoms with E-state index in [1.54, 1.807) is 0 Å². The van der Waals surface area contributed by atoms with E-state index in [0.717, 1.165) is 33.9 Å². The average Bonchev–Trinajstić information content (AvgIpc) is 3.74. The molecule has 12 aromatic rings. The second-order valence-electron chi connectivity index (χ2n) is 16.8. The molecule has 2 nitrogen and oxygen atoms in total. The van der Waals surface area contributed by atoms with E-state index in [2.05, 4.69) is 276 Å². The number of fused-ring (bicyclic) bond motifs is 4. The van der Waals surface area contributed by atoms with Gasteiger partial charge in [-0.15, -0.1) is 0 Å². The van der Waals surface area contributed by atoms with Crippen LogP contribution in [0.5, 0.6) is 0 Å². The highest BCUT2D eigenvalue weighted by Crippen LogP contribution is 2.47. The molecule has 2 heteroatoms. The normalized spacial score (nSPS) is 11.3. The van der Waals surface area contributed by atoms with Crippen LogP contribution in [0.4, 0.5) is 17.1 Å². The van der Waals surface area contributed by atoms with Crippen molar-refractivity contribution < 1.29 is 0 Å². The molecule has 0 fully saturated rings. The first-order valence-electron chi connectivity index (χ1n) is 22.7. The van der Waals surface area contributed by atoms with Gasteiger partial charge in [-0.05, 0) is 104 Å². The summed E-state index contributed by atoms with van der Waals surface area (Å²) in [5, 5.41) is 4.95. The smallest absolute Gasteiger partial charge is 0.0619 e. The Labute approximate surface area is 385 Å².